The summed E-state index contributed by atoms with van der Waals surface area (Å²) in [6.45, 7) is 0.166. The maximum absolute atomic E-state index is 13.4. The van der Waals surface area contributed by atoms with Gasteiger partial charge in [-0.3, -0.25) is 0 Å². The number of benzene rings is 2. The molecule has 2 aliphatic rings. The molecule has 166 valence electrons. The van der Waals surface area contributed by atoms with E-state index < -0.39 is 23.4 Å². The molecule has 2 fully saturated rings. The third kappa shape index (κ3) is 4.87. The molecular weight excluding hydrogens is 407 g/mol. The fraction of sp³-hybridized carbons (Fsp3) is 0.458. The van der Waals surface area contributed by atoms with Gasteiger partial charge in [-0.15, -0.1) is 0 Å². The Kier molecular flexibility index (Phi) is 5.97. The Morgan fingerprint density at radius 2 is 1.65 bits per heavy atom. The third-order valence-corrected chi connectivity index (χ3v) is 6.35. The molecule has 0 radical (unpaired) electrons. The molecule has 0 saturated carbocycles. The Hall–Kier alpha value is -2.54. The highest BCUT2D eigenvalue weighted by atomic mass is 19.4. The van der Waals surface area contributed by atoms with E-state index in [-0.39, 0.29) is 43.5 Å². The molecule has 2 aromatic rings. The first kappa shape index (κ1) is 21.7. The molecule has 2 unspecified atom stereocenters. The molecule has 0 spiro atoms. The first-order valence-electron chi connectivity index (χ1n) is 10.6. The zero-order valence-corrected chi connectivity index (χ0v) is 17.1. The van der Waals surface area contributed by atoms with Gasteiger partial charge in [-0.2, -0.15) is 13.2 Å². The van der Waals surface area contributed by atoms with Gasteiger partial charge >= 0.3 is 12.3 Å². The first-order chi connectivity index (χ1) is 14.8. The minimum Gasteiger partial charge on any atom is -0.445 e. The number of carbonyl (C=O) groups excluding carboxylic acids is 1. The minimum absolute atomic E-state index is 0.0808. The van der Waals surface area contributed by atoms with Crippen molar-refractivity contribution in [3.8, 4) is 0 Å². The summed E-state index contributed by atoms with van der Waals surface area (Å²) >= 11 is 0. The molecule has 1 amide bonds. The van der Waals surface area contributed by atoms with E-state index >= 15 is 0 Å². The maximum Gasteiger partial charge on any atom is 0.416 e. The molecule has 7 heteroatoms. The molecule has 2 aromatic carbocycles. The van der Waals surface area contributed by atoms with Crippen LogP contribution in [-0.4, -0.2) is 33.8 Å². The van der Waals surface area contributed by atoms with E-state index in [1.807, 2.05) is 30.3 Å². The molecule has 2 heterocycles. The van der Waals surface area contributed by atoms with Gasteiger partial charge in [0.1, 0.15) is 6.61 Å². The highest BCUT2D eigenvalue weighted by Crippen LogP contribution is 2.42. The molecule has 31 heavy (non-hydrogen) atoms. The summed E-state index contributed by atoms with van der Waals surface area (Å²) in [5.74, 6) is 0. The predicted octanol–water partition coefficient (Wildman–Crippen LogP) is 5.33. The molecule has 1 N–H and O–H groups in total. The summed E-state index contributed by atoms with van der Waals surface area (Å²) in [7, 11) is 0. The van der Waals surface area contributed by atoms with Gasteiger partial charge in [-0.05, 0) is 49.3 Å². The Morgan fingerprint density at radius 1 is 1.03 bits per heavy atom. The lowest BCUT2D eigenvalue weighted by Crippen LogP contribution is -2.60. The monoisotopic (exact) mass is 433 g/mol. The number of nitrogens with zero attached hydrogens (tertiary/aromatic N) is 1. The lowest BCUT2D eigenvalue weighted by Gasteiger charge is -2.51. The molecule has 2 bridgehead atoms. The Labute approximate surface area is 179 Å². The SMILES string of the molecule is O=C(OCc1ccccc1)N1C2CCCC1CC(O)(Cc1ccccc1C(F)(F)F)C2. The average molecular weight is 433 g/mol. The molecular formula is C24H26F3NO3. The van der Waals surface area contributed by atoms with Gasteiger partial charge in [0.15, 0.2) is 0 Å². The van der Waals surface area contributed by atoms with Crippen LogP contribution in [0.25, 0.3) is 0 Å². The Balaban J connectivity index is 1.47. The highest BCUT2D eigenvalue weighted by molar-refractivity contribution is 5.69. The van der Waals surface area contributed by atoms with Crippen molar-refractivity contribution in [1.29, 1.82) is 0 Å². The number of amides is 1. The van der Waals surface area contributed by atoms with E-state index in [0.29, 0.717) is 12.8 Å². The van der Waals surface area contributed by atoms with Crippen molar-refractivity contribution >= 4 is 6.09 Å². The molecule has 4 nitrogen and oxygen atoms in total. The van der Waals surface area contributed by atoms with Crippen LogP contribution in [0.2, 0.25) is 0 Å². The summed E-state index contributed by atoms with van der Waals surface area (Å²) in [4.78, 5) is 14.5. The topological polar surface area (TPSA) is 49.8 Å². The number of carbonyl (C=O) groups is 1. The van der Waals surface area contributed by atoms with Crippen LogP contribution < -0.4 is 0 Å². The third-order valence-electron chi connectivity index (χ3n) is 6.35. The first-order valence-corrected chi connectivity index (χ1v) is 10.6. The van der Waals surface area contributed by atoms with Crippen LogP contribution in [0.15, 0.2) is 54.6 Å². The van der Waals surface area contributed by atoms with Crippen molar-refractivity contribution in [3.63, 3.8) is 0 Å². The summed E-state index contributed by atoms with van der Waals surface area (Å²) in [6.07, 6.45) is -2.14. The van der Waals surface area contributed by atoms with Crippen molar-refractivity contribution in [3.05, 3.63) is 71.3 Å². The number of alkyl halides is 3. The lowest BCUT2D eigenvalue weighted by molar-refractivity contribution is -0.139. The quantitative estimate of drug-likeness (QED) is 0.709. The van der Waals surface area contributed by atoms with E-state index in [0.717, 1.165) is 18.1 Å². The largest absolute Gasteiger partial charge is 0.445 e. The minimum atomic E-state index is -4.47. The van der Waals surface area contributed by atoms with E-state index in [1.165, 1.54) is 12.1 Å². The van der Waals surface area contributed by atoms with E-state index in [1.54, 1.807) is 11.0 Å². The normalized spacial score (nSPS) is 25.9. The number of halogens is 3. The van der Waals surface area contributed by atoms with Crippen LogP contribution in [0.3, 0.4) is 0 Å². The molecule has 0 aromatic heterocycles. The second-order valence-electron chi connectivity index (χ2n) is 8.65. The van der Waals surface area contributed by atoms with Crippen molar-refractivity contribution in [2.45, 2.75) is 69.0 Å². The van der Waals surface area contributed by atoms with E-state index in [2.05, 4.69) is 0 Å². The van der Waals surface area contributed by atoms with Crippen LogP contribution in [0.5, 0.6) is 0 Å². The van der Waals surface area contributed by atoms with Crippen LogP contribution in [0.4, 0.5) is 18.0 Å². The summed E-state index contributed by atoms with van der Waals surface area (Å²) < 4.78 is 45.7. The molecule has 2 saturated heterocycles. The van der Waals surface area contributed by atoms with Crippen molar-refractivity contribution in [1.82, 2.24) is 4.90 Å². The number of hydrogen-bond donors (Lipinski definition) is 1. The van der Waals surface area contributed by atoms with Gasteiger partial charge in [-0.25, -0.2) is 4.79 Å². The lowest BCUT2D eigenvalue weighted by atomic mass is 9.73. The number of rotatable bonds is 4. The van der Waals surface area contributed by atoms with Crippen molar-refractivity contribution in [2.24, 2.45) is 0 Å². The van der Waals surface area contributed by atoms with E-state index in [9.17, 15) is 23.1 Å². The number of fused-ring (bicyclic) bond motifs is 2. The van der Waals surface area contributed by atoms with Crippen molar-refractivity contribution in [2.75, 3.05) is 0 Å². The van der Waals surface area contributed by atoms with Gasteiger partial charge in [0.2, 0.25) is 0 Å². The fourth-order valence-corrected chi connectivity index (χ4v) is 5.07. The van der Waals surface area contributed by atoms with Gasteiger partial charge in [-0.1, -0.05) is 48.5 Å². The number of piperidine rings is 2. The summed E-state index contributed by atoms with van der Waals surface area (Å²) in [5.41, 5.74) is -1.01. The second-order valence-corrected chi connectivity index (χ2v) is 8.65. The zero-order chi connectivity index (χ0) is 22.1. The smallest absolute Gasteiger partial charge is 0.416 e. The summed E-state index contributed by atoms with van der Waals surface area (Å²) in [5, 5.41) is 11.3. The van der Waals surface area contributed by atoms with Crippen LogP contribution in [-0.2, 0) is 23.9 Å². The van der Waals surface area contributed by atoms with Crippen LogP contribution >= 0.6 is 0 Å². The van der Waals surface area contributed by atoms with Gasteiger partial charge in [0.25, 0.3) is 0 Å². The highest BCUT2D eigenvalue weighted by Gasteiger charge is 2.48. The molecule has 2 atom stereocenters. The second kappa shape index (κ2) is 8.54. The Bertz CT molecular complexity index is 902. The maximum atomic E-state index is 13.4. The van der Waals surface area contributed by atoms with E-state index in [4.69, 9.17) is 4.74 Å². The number of aliphatic hydroxyl groups is 1. The van der Waals surface area contributed by atoms with Crippen LogP contribution in [0.1, 0.15) is 48.8 Å². The van der Waals surface area contributed by atoms with Gasteiger partial charge in [0, 0.05) is 18.5 Å². The predicted molar refractivity (Wildman–Crippen MR) is 109 cm³/mol. The van der Waals surface area contributed by atoms with Crippen LogP contribution in [0, 0.1) is 0 Å². The fourth-order valence-electron chi connectivity index (χ4n) is 5.07. The Morgan fingerprint density at radius 3 is 2.29 bits per heavy atom. The average Bonchev–Trinajstić information content (AvgIpc) is 2.71. The summed E-state index contributed by atoms with van der Waals surface area (Å²) in [6, 6.07) is 14.3. The van der Waals surface area contributed by atoms with Gasteiger partial charge in [0.05, 0.1) is 11.2 Å². The zero-order valence-electron chi connectivity index (χ0n) is 17.1. The van der Waals surface area contributed by atoms with Gasteiger partial charge < -0.3 is 14.7 Å². The van der Waals surface area contributed by atoms with Crippen molar-refractivity contribution < 1.29 is 27.8 Å². The number of ether oxygens (including phenoxy) is 1. The number of hydrogen-bond acceptors (Lipinski definition) is 3. The standard InChI is InChI=1S/C24H26F3NO3/c25-24(26,27)21-12-5-4-9-18(21)13-23(30)14-19-10-6-11-20(15-23)28(19)22(29)31-16-17-7-2-1-3-8-17/h1-5,7-9,12,19-20,30H,6,10-11,13-16H2. The molecule has 0 aliphatic carbocycles. The molecule has 2 aliphatic heterocycles. The molecule has 4 rings (SSSR count).